The summed E-state index contributed by atoms with van der Waals surface area (Å²) >= 11 is 0. The minimum Gasteiger partial charge on any atom is -0.369 e. The molecule has 2 heterocycles. The number of hydrogen-bond donors (Lipinski definition) is 2. The van der Waals surface area contributed by atoms with Crippen molar-refractivity contribution in [1.82, 2.24) is 10.2 Å². The summed E-state index contributed by atoms with van der Waals surface area (Å²) < 4.78 is 14.7. The molecule has 2 N–H and O–H groups in total. The van der Waals surface area contributed by atoms with Gasteiger partial charge in [0.25, 0.3) is 5.91 Å². The van der Waals surface area contributed by atoms with E-state index >= 15 is 0 Å². The van der Waals surface area contributed by atoms with Gasteiger partial charge in [-0.3, -0.25) is 9.59 Å². The summed E-state index contributed by atoms with van der Waals surface area (Å²) in [5.74, 6) is -1.47. The molecule has 2 aromatic carbocycles. The third kappa shape index (κ3) is 5.05. The van der Waals surface area contributed by atoms with Crippen molar-refractivity contribution in [3.63, 3.8) is 0 Å². The molecule has 33 heavy (non-hydrogen) atoms. The number of urea groups is 1. The number of piperidine rings is 1. The van der Waals surface area contributed by atoms with Crippen LogP contribution < -0.4 is 15.5 Å². The fraction of sp³-hybridized carbons (Fsp3) is 0.320. The monoisotopic (exact) mass is 450 g/mol. The van der Waals surface area contributed by atoms with E-state index < -0.39 is 24.4 Å². The highest BCUT2D eigenvalue weighted by molar-refractivity contribution is 6.16. The van der Waals surface area contributed by atoms with Crippen LogP contribution in [-0.4, -0.2) is 42.4 Å². The Balaban J connectivity index is 1.44. The van der Waals surface area contributed by atoms with Crippen molar-refractivity contribution >= 4 is 35.3 Å². The number of nitrogens with one attached hydrogen (secondary N) is 2. The van der Waals surface area contributed by atoms with Gasteiger partial charge in [-0.05, 0) is 61.1 Å². The maximum absolute atomic E-state index is 14.7. The second kappa shape index (κ2) is 9.85. The minimum atomic E-state index is -0.685. The minimum absolute atomic E-state index is 0.00637. The number of amides is 4. The number of carbonyl (C=O) groups is 3. The normalized spacial score (nSPS) is 17.5. The summed E-state index contributed by atoms with van der Waals surface area (Å²) in [7, 11) is 0. The molecule has 2 aliphatic heterocycles. The predicted octanol–water partition coefficient (Wildman–Crippen LogP) is 3.91. The Kier molecular flexibility index (Phi) is 6.72. The molecule has 0 atom stereocenters. The number of anilines is 2. The average Bonchev–Trinajstić information content (AvgIpc) is 3.07. The SMILES string of the molecule is CCc1ccccc1NC(=O)CN1C(=O)N/C(=C/c2ccc(N3CCCCC3)c(F)c2)C1=O. The molecule has 2 aliphatic rings. The number of carbonyl (C=O) groups excluding carboxylic acids is 3. The molecule has 172 valence electrons. The van der Waals surface area contributed by atoms with Crippen molar-refractivity contribution in [3.05, 3.63) is 65.1 Å². The third-order valence-electron chi connectivity index (χ3n) is 5.92. The first-order valence-corrected chi connectivity index (χ1v) is 11.2. The van der Waals surface area contributed by atoms with Crippen molar-refractivity contribution in [1.29, 1.82) is 0 Å². The number of para-hydroxylation sites is 1. The molecule has 0 radical (unpaired) electrons. The van der Waals surface area contributed by atoms with E-state index in [1.807, 2.05) is 24.0 Å². The van der Waals surface area contributed by atoms with E-state index in [1.165, 1.54) is 12.1 Å². The van der Waals surface area contributed by atoms with Crippen LogP contribution in [0.5, 0.6) is 0 Å². The smallest absolute Gasteiger partial charge is 0.329 e. The zero-order valence-electron chi connectivity index (χ0n) is 18.6. The van der Waals surface area contributed by atoms with Crippen LogP contribution in [0.1, 0.15) is 37.3 Å². The Bertz CT molecular complexity index is 1110. The van der Waals surface area contributed by atoms with Crippen LogP contribution in [0.25, 0.3) is 6.08 Å². The molecule has 0 spiro atoms. The van der Waals surface area contributed by atoms with Gasteiger partial charge in [0.05, 0.1) is 5.69 Å². The summed E-state index contributed by atoms with van der Waals surface area (Å²) in [6.45, 7) is 3.21. The van der Waals surface area contributed by atoms with Gasteiger partial charge >= 0.3 is 6.03 Å². The van der Waals surface area contributed by atoms with Crippen molar-refractivity contribution in [2.24, 2.45) is 0 Å². The highest BCUT2D eigenvalue weighted by Crippen LogP contribution is 2.25. The number of halogens is 1. The van der Waals surface area contributed by atoms with Crippen LogP contribution in [0, 0.1) is 5.82 Å². The fourth-order valence-corrected chi connectivity index (χ4v) is 4.17. The number of aryl methyl sites for hydroxylation is 1. The average molecular weight is 451 g/mol. The first kappa shape index (κ1) is 22.5. The highest BCUT2D eigenvalue weighted by Gasteiger charge is 2.35. The molecule has 8 heteroatoms. The van der Waals surface area contributed by atoms with Crippen LogP contribution in [0.2, 0.25) is 0 Å². The lowest BCUT2D eigenvalue weighted by Gasteiger charge is -2.29. The molecular weight excluding hydrogens is 423 g/mol. The van der Waals surface area contributed by atoms with Crippen LogP contribution in [0.3, 0.4) is 0 Å². The van der Waals surface area contributed by atoms with Crippen LogP contribution in [0.15, 0.2) is 48.2 Å². The second-order valence-electron chi connectivity index (χ2n) is 8.20. The van der Waals surface area contributed by atoms with Gasteiger partial charge in [-0.25, -0.2) is 14.1 Å². The van der Waals surface area contributed by atoms with E-state index in [1.54, 1.807) is 24.3 Å². The van der Waals surface area contributed by atoms with Gasteiger partial charge in [-0.15, -0.1) is 0 Å². The summed E-state index contributed by atoms with van der Waals surface area (Å²) in [5.41, 5.74) is 2.62. The maximum Gasteiger partial charge on any atom is 0.329 e. The third-order valence-corrected chi connectivity index (χ3v) is 5.92. The van der Waals surface area contributed by atoms with Crippen molar-refractivity contribution < 1.29 is 18.8 Å². The summed E-state index contributed by atoms with van der Waals surface area (Å²) in [6.07, 6.45) is 5.40. The molecule has 0 bridgehead atoms. The zero-order valence-corrected chi connectivity index (χ0v) is 18.6. The number of nitrogens with zero attached hydrogens (tertiary/aromatic N) is 2. The first-order valence-electron chi connectivity index (χ1n) is 11.2. The number of rotatable bonds is 6. The summed E-state index contributed by atoms with van der Waals surface area (Å²) in [5, 5.41) is 5.23. The molecule has 2 saturated heterocycles. The second-order valence-corrected chi connectivity index (χ2v) is 8.20. The molecule has 0 saturated carbocycles. The molecule has 7 nitrogen and oxygen atoms in total. The van der Waals surface area contributed by atoms with E-state index in [9.17, 15) is 18.8 Å². The Hall–Kier alpha value is -3.68. The summed E-state index contributed by atoms with van der Waals surface area (Å²) in [6, 6.07) is 11.4. The fourth-order valence-electron chi connectivity index (χ4n) is 4.17. The van der Waals surface area contributed by atoms with Gasteiger partial charge < -0.3 is 15.5 Å². The highest BCUT2D eigenvalue weighted by atomic mass is 19.1. The van der Waals surface area contributed by atoms with Crippen LogP contribution in [-0.2, 0) is 16.0 Å². The predicted molar refractivity (Wildman–Crippen MR) is 125 cm³/mol. The van der Waals surface area contributed by atoms with Gasteiger partial charge in [0.15, 0.2) is 0 Å². The van der Waals surface area contributed by atoms with Crippen LogP contribution >= 0.6 is 0 Å². The van der Waals surface area contributed by atoms with E-state index in [-0.39, 0.29) is 11.5 Å². The Morgan fingerprint density at radius 1 is 1.12 bits per heavy atom. The van der Waals surface area contributed by atoms with Gasteiger partial charge in [-0.2, -0.15) is 0 Å². The standard InChI is InChI=1S/C25H27FN4O3/c1-2-18-8-4-5-9-20(18)27-23(31)16-30-24(32)21(28-25(30)33)15-17-10-11-22(19(26)14-17)29-12-6-3-7-13-29/h4-5,8-11,14-15H,2-3,6-7,12-13,16H2,1H3,(H,27,31)(H,28,33)/b21-15+. The van der Waals surface area contributed by atoms with E-state index in [4.69, 9.17) is 0 Å². The Morgan fingerprint density at radius 2 is 1.88 bits per heavy atom. The number of hydrogen-bond acceptors (Lipinski definition) is 4. The molecule has 2 fully saturated rings. The summed E-state index contributed by atoms with van der Waals surface area (Å²) in [4.78, 5) is 40.4. The lowest BCUT2D eigenvalue weighted by molar-refractivity contribution is -0.127. The molecule has 0 aromatic heterocycles. The van der Waals surface area contributed by atoms with Crippen molar-refractivity contribution in [2.45, 2.75) is 32.6 Å². The molecule has 0 unspecified atom stereocenters. The van der Waals surface area contributed by atoms with Crippen molar-refractivity contribution in [3.8, 4) is 0 Å². The topological polar surface area (TPSA) is 81.8 Å². The van der Waals surface area contributed by atoms with Gasteiger partial charge in [0, 0.05) is 18.8 Å². The molecule has 4 rings (SSSR count). The van der Waals surface area contributed by atoms with Gasteiger partial charge in [0.1, 0.15) is 18.1 Å². The Labute approximate surface area is 192 Å². The number of benzene rings is 2. The Morgan fingerprint density at radius 3 is 2.61 bits per heavy atom. The molecular formula is C25H27FN4O3. The zero-order chi connectivity index (χ0) is 23.4. The van der Waals surface area contributed by atoms with Gasteiger partial charge in [-0.1, -0.05) is 31.2 Å². The number of imide groups is 1. The largest absolute Gasteiger partial charge is 0.369 e. The first-order chi connectivity index (χ1) is 16.0. The van der Waals surface area contributed by atoms with Gasteiger partial charge in [0.2, 0.25) is 5.91 Å². The quantitative estimate of drug-likeness (QED) is 0.517. The van der Waals surface area contributed by atoms with Crippen molar-refractivity contribution in [2.75, 3.05) is 29.9 Å². The maximum atomic E-state index is 14.7. The molecule has 0 aliphatic carbocycles. The lowest BCUT2D eigenvalue weighted by Crippen LogP contribution is -2.38. The van der Waals surface area contributed by atoms with Crippen LogP contribution in [0.4, 0.5) is 20.6 Å². The molecule has 4 amide bonds. The van der Waals surface area contributed by atoms with E-state index in [0.717, 1.165) is 49.2 Å². The molecule has 2 aromatic rings. The van der Waals surface area contributed by atoms with E-state index in [2.05, 4.69) is 10.6 Å². The van der Waals surface area contributed by atoms with E-state index in [0.29, 0.717) is 16.9 Å². The lowest BCUT2D eigenvalue weighted by atomic mass is 10.1.